The van der Waals surface area contributed by atoms with Crippen molar-refractivity contribution < 1.29 is 24.3 Å². The fourth-order valence-electron chi connectivity index (χ4n) is 3.09. The molecule has 14 nitrogen and oxygen atoms in total. The van der Waals surface area contributed by atoms with Gasteiger partial charge in [-0.3, -0.25) is 19.4 Å². The van der Waals surface area contributed by atoms with Gasteiger partial charge in [0.15, 0.2) is 5.96 Å². The average molecular weight is 482 g/mol. The second-order valence-corrected chi connectivity index (χ2v) is 8.14. The van der Waals surface area contributed by atoms with E-state index in [9.17, 15) is 24.3 Å². The smallest absolute Gasteiger partial charge is 0.326 e. The van der Waals surface area contributed by atoms with Crippen molar-refractivity contribution in [2.45, 2.75) is 57.7 Å². The number of amides is 3. The van der Waals surface area contributed by atoms with Crippen molar-refractivity contribution in [1.29, 1.82) is 0 Å². The third kappa shape index (κ3) is 10.8. The van der Waals surface area contributed by atoms with Gasteiger partial charge in [0.25, 0.3) is 0 Å². The topological polar surface area (TPSA) is 244 Å². The number of carbonyl (C=O) groups is 4. The van der Waals surface area contributed by atoms with E-state index in [0.717, 1.165) is 0 Å². The summed E-state index contributed by atoms with van der Waals surface area (Å²) >= 11 is 0. The van der Waals surface area contributed by atoms with Gasteiger partial charge in [-0.2, -0.15) is 0 Å². The van der Waals surface area contributed by atoms with E-state index in [2.05, 4.69) is 30.9 Å². The van der Waals surface area contributed by atoms with Gasteiger partial charge in [-0.1, -0.05) is 13.8 Å². The molecule has 1 aromatic rings. The van der Waals surface area contributed by atoms with Gasteiger partial charge in [0, 0.05) is 24.9 Å². The molecule has 0 spiro atoms. The maximum absolute atomic E-state index is 13.0. The zero-order valence-corrected chi connectivity index (χ0v) is 19.4. The number of guanidine groups is 1. The van der Waals surface area contributed by atoms with Crippen LogP contribution in [0.15, 0.2) is 17.5 Å². The third-order valence-electron chi connectivity index (χ3n) is 4.72. The number of hydrogen-bond donors (Lipinski definition) is 8. The van der Waals surface area contributed by atoms with Crippen molar-refractivity contribution in [3.05, 3.63) is 18.2 Å². The van der Waals surface area contributed by atoms with E-state index < -0.39 is 41.8 Å². The molecule has 0 aromatic carbocycles. The van der Waals surface area contributed by atoms with E-state index in [0.29, 0.717) is 12.1 Å². The summed E-state index contributed by atoms with van der Waals surface area (Å²) in [7, 11) is 0. The highest BCUT2D eigenvalue weighted by Crippen LogP contribution is 2.08. The standard InChI is InChI=1S/C20H35N9O5/c1-11(2)6-15(19(33)34)29-18(32)14(7-12-9-24-10-26-12)28-17(31)13(27-16(30)8-21)4-3-5-25-20(22)23/h9-11,13-15H,3-8,21H2,1-2H3,(H,24,26)(H,27,30)(H,28,31)(H,29,32)(H,33,34)(H4,22,23,25). The Bertz CT molecular complexity index is 837. The minimum atomic E-state index is -1.18. The van der Waals surface area contributed by atoms with Crippen LogP contribution >= 0.6 is 0 Å². The van der Waals surface area contributed by atoms with E-state index in [1.807, 2.05) is 13.8 Å². The molecule has 3 atom stereocenters. The molecule has 1 rings (SSSR count). The first-order valence-corrected chi connectivity index (χ1v) is 10.9. The molecular weight excluding hydrogens is 446 g/mol. The van der Waals surface area contributed by atoms with Crippen molar-refractivity contribution in [1.82, 2.24) is 25.9 Å². The molecule has 34 heavy (non-hydrogen) atoms. The van der Waals surface area contributed by atoms with Gasteiger partial charge in [-0.15, -0.1) is 0 Å². The Hall–Kier alpha value is -3.68. The fraction of sp³-hybridized carbons (Fsp3) is 0.600. The van der Waals surface area contributed by atoms with Crippen LogP contribution in [0.5, 0.6) is 0 Å². The van der Waals surface area contributed by atoms with Crippen LogP contribution in [0.25, 0.3) is 0 Å². The SMILES string of the molecule is CC(C)CC(NC(=O)C(Cc1cnc[nH]1)NC(=O)C(CCCN=C(N)N)NC(=O)CN)C(=O)O. The molecule has 0 radical (unpaired) electrons. The number of carboxylic acids is 1. The zero-order chi connectivity index (χ0) is 25.7. The third-order valence-corrected chi connectivity index (χ3v) is 4.72. The molecule has 3 unspecified atom stereocenters. The first-order valence-electron chi connectivity index (χ1n) is 10.9. The average Bonchev–Trinajstić information content (AvgIpc) is 3.27. The van der Waals surface area contributed by atoms with Crippen LogP contribution in [0.3, 0.4) is 0 Å². The molecule has 0 saturated carbocycles. The van der Waals surface area contributed by atoms with Crippen LogP contribution in [-0.2, 0) is 25.6 Å². The molecule has 0 aliphatic heterocycles. The van der Waals surface area contributed by atoms with Crippen molar-refractivity contribution in [3.8, 4) is 0 Å². The Kier molecular flexibility index (Phi) is 12.1. The highest BCUT2D eigenvalue weighted by atomic mass is 16.4. The van der Waals surface area contributed by atoms with Crippen molar-refractivity contribution in [2.24, 2.45) is 28.1 Å². The maximum Gasteiger partial charge on any atom is 0.326 e. The molecule has 0 fully saturated rings. The summed E-state index contributed by atoms with van der Waals surface area (Å²) in [6.45, 7) is 3.57. The van der Waals surface area contributed by atoms with E-state index >= 15 is 0 Å². The van der Waals surface area contributed by atoms with Gasteiger partial charge >= 0.3 is 5.97 Å². The minimum absolute atomic E-state index is 0.0168. The van der Waals surface area contributed by atoms with Crippen molar-refractivity contribution in [3.63, 3.8) is 0 Å². The van der Waals surface area contributed by atoms with Crippen LogP contribution in [0.2, 0.25) is 0 Å². The second-order valence-electron chi connectivity index (χ2n) is 8.14. The number of nitrogens with zero attached hydrogens (tertiary/aromatic N) is 2. The van der Waals surface area contributed by atoms with Crippen LogP contribution in [0.1, 0.15) is 38.8 Å². The number of aliphatic imine (C=N–C) groups is 1. The second kappa shape index (κ2) is 14.5. The largest absolute Gasteiger partial charge is 0.480 e. The lowest BCUT2D eigenvalue weighted by molar-refractivity contribution is -0.142. The molecule has 190 valence electrons. The molecule has 3 amide bonds. The molecule has 1 heterocycles. The number of carboxylic acid groups (broad SMARTS) is 1. The molecule has 1 aromatic heterocycles. The molecule has 0 saturated heterocycles. The van der Waals surface area contributed by atoms with Gasteiger partial charge in [-0.05, 0) is 25.2 Å². The Labute approximate surface area is 197 Å². The first kappa shape index (κ1) is 28.4. The summed E-state index contributed by atoms with van der Waals surface area (Å²) in [5.74, 6) is -3.14. The monoisotopic (exact) mass is 481 g/mol. The van der Waals surface area contributed by atoms with Crippen molar-refractivity contribution >= 4 is 29.7 Å². The summed E-state index contributed by atoms with van der Waals surface area (Å²) in [6.07, 6.45) is 3.69. The molecular formula is C20H35N9O5. The van der Waals surface area contributed by atoms with E-state index in [4.69, 9.17) is 17.2 Å². The lowest BCUT2D eigenvalue weighted by atomic mass is 10.0. The van der Waals surface area contributed by atoms with Gasteiger partial charge in [0.05, 0.1) is 12.9 Å². The number of H-pyrrole nitrogens is 1. The summed E-state index contributed by atoms with van der Waals surface area (Å²) < 4.78 is 0. The van der Waals surface area contributed by atoms with Crippen LogP contribution in [0.4, 0.5) is 0 Å². The van der Waals surface area contributed by atoms with E-state index in [-0.39, 0.29) is 44.2 Å². The minimum Gasteiger partial charge on any atom is -0.480 e. The zero-order valence-electron chi connectivity index (χ0n) is 19.4. The Balaban J connectivity index is 3.00. The Morgan fingerprint density at radius 3 is 2.26 bits per heavy atom. The number of nitrogens with one attached hydrogen (secondary N) is 4. The van der Waals surface area contributed by atoms with Crippen LogP contribution < -0.4 is 33.2 Å². The van der Waals surface area contributed by atoms with E-state index in [1.54, 1.807) is 0 Å². The number of rotatable bonds is 15. The summed E-state index contributed by atoms with van der Waals surface area (Å²) in [5, 5.41) is 17.0. The quantitative estimate of drug-likeness (QED) is 0.0751. The van der Waals surface area contributed by atoms with E-state index in [1.165, 1.54) is 12.5 Å². The number of carbonyl (C=O) groups excluding carboxylic acids is 3. The first-order chi connectivity index (χ1) is 16.0. The summed E-state index contributed by atoms with van der Waals surface area (Å²) in [5.41, 5.74) is 16.5. The Morgan fingerprint density at radius 2 is 1.74 bits per heavy atom. The normalized spacial score (nSPS) is 13.4. The summed E-state index contributed by atoms with van der Waals surface area (Å²) in [6, 6.07) is -3.26. The number of hydrogen-bond acceptors (Lipinski definition) is 7. The number of imidazole rings is 1. The lowest BCUT2D eigenvalue weighted by Crippen LogP contribution is -2.57. The lowest BCUT2D eigenvalue weighted by Gasteiger charge is -2.24. The van der Waals surface area contributed by atoms with Crippen molar-refractivity contribution in [2.75, 3.05) is 13.1 Å². The molecule has 11 N–H and O–H groups in total. The van der Waals surface area contributed by atoms with Crippen LogP contribution in [-0.4, -0.2) is 75.9 Å². The van der Waals surface area contributed by atoms with Gasteiger partial charge in [0.1, 0.15) is 18.1 Å². The molecule has 0 bridgehead atoms. The van der Waals surface area contributed by atoms with Crippen LogP contribution in [0, 0.1) is 5.92 Å². The van der Waals surface area contributed by atoms with Gasteiger partial charge in [-0.25, -0.2) is 9.78 Å². The fourth-order valence-corrected chi connectivity index (χ4v) is 3.09. The highest BCUT2D eigenvalue weighted by molar-refractivity contribution is 5.93. The number of nitrogens with two attached hydrogens (primary N) is 3. The Morgan fingerprint density at radius 1 is 1.09 bits per heavy atom. The maximum atomic E-state index is 13.0. The highest BCUT2D eigenvalue weighted by Gasteiger charge is 2.30. The summed E-state index contributed by atoms with van der Waals surface area (Å²) in [4.78, 5) is 59.9. The molecule has 0 aliphatic carbocycles. The number of aromatic amines is 1. The molecule has 0 aliphatic rings. The molecule has 14 heteroatoms. The van der Waals surface area contributed by atoms with Gasteiger partial charge in [0.2, 0.25) is 17.7 Å². The predicted octanol–water partition coefficient (Wildman–Crippen LogP) is -2.45. The van der Waals surface area contributed by atoms with Gasteiger partial charge < -0.3 is 43.2 Å². The number of aliphatic carboxylic acids is 1. The number of aromatic nitrogens is 2. The predicted molar refractivity (Wildman–Crippen MR) is 124 cm³/mol.